The highest BCUT2D eigenvalue weighted by Gasteiger charge is 2.24. The average Bonchev–Trinajstić information content (AvgIpc) is 3.53. The Bertz CT molecular complexity index is 1300. The molecule has 10 nitrogen and oxygen atoms in total. The SMILES string of the molecule is CC(C)(C)c1nnc(C(=O)NCc2ccc(-c3nc(N4CCOCC4)cn4nccc34)cc2)o1. The van der Waals surface area contributed by atoms with Gasteiger partial charge in [0.05, 0.1) is 36.8 Å². The molecule has 1 fully saturated rings. The summed E-state index contributed by atoms with van der Waals surface area (Å²) >= 11 is 0. The van der Waals surface area contributed by atoms with Crippen LogP contribution in [0.15, 0.2) is 47.1 Å². The summed E-state index contributed by atoms with van der Waals surface area (Å²) in [5.41, 5.74) is 3.40. The second-order valence-corrected chi connectivity index (χ2v) is 9.25. The first kappa shape index (κ1) is 22.0. The van der Waals surface area contributed by atoms with Crippen LogP contribution in [0.3, 0.4) is 0 Å². The third-order valence-electron chi connectivity index (χ3n) is 5.65. The van der Waals surface area contributed by atoms with E-state index in [2.05, 4.69) is 25.5 Å². The van der Waals surface area contributed by atoms with Crippen LogP contribution in [-0.4, -0.2) is 57.0 Å². The van der Waals surface area contributed by atoms with Gasteiger partial charge >= 0.3 is 11.8 Å². The van der Waals surface area contributed by atoms with Gasteiger partial charge < -0.3 is 19.4 Å². The van der Waals surface area contributed by atoms with E-state index in [9.17, 15) is 4.79 Å². The fourth-order valence-corrected chi connectivity index (χ4v) is 3.73. The molecule has 4 heterocycles. The zero-order valence-corrected chi connectivity index (χ0v) is 19.5. The van der Waals surface area contributed by atoms with Gasteiger partial charge in [0.2, 0.25) is 5.89 Å². The smallest absolute Gasteiger partial charge is 0.309 e. The molecule has 0 spiro atoms. The Kier molecular flexibility index (Phi) is 5.74. The van der Waals surface area contributed by atoms with Gasteiger partial charge in [0.25, 0.3) is 0 Å². The molecule has 1 amide bonds. The predicted molar refractivity (Wildman–Crippen MR) is 126 cm³/mol. The molecule has 0 aliphatic carbocycles. The van der Waals surface area contributed by atoms with E-state index in [4.69, 9.17) is 14.1 Å². The summed E-state index contributed by atoms with van der Waals surface area (Å²) in [5, 5.41) is 15.1. The monoisotopic (exact) mass is 461 g/mol. The summed E-state index contributed by atoms with van der Waals surface area (Å²) < 4.78 is 12.8. The van der Waals surface area contributed by atoms with E-state index in [1.165, 1.54) is 0 Å². The van der Waals surface area contributed by atoms with Gasteiger partial charge in [-0.05, 0) is 11.6 Å². The molecule has 0 saturated carbocycles. The minimum absolute atomic E-state index is 0.0335. The topological polar surface area (TPSA) is 111 Å². The van der Waals surface area contributed by atoms with Crippen molar-refractivity contribution in [3.05, 3.63) is 60.1 Å². The lowest BCUT2D eigenvalue weighted by Gasteiger charge is -2.28. The second-order valence-electron chi connectivity index (χ2n) is 9.25. The van der Waals surface area contributed by atoms with Gasteiger partial charge in [-0.15, -0.1) is 10.2 Å². The molecule has 1 N–H and O–H groups in total. The number of morpholine rings is 1. The number of rotatable bonds is 5. The Hall–Kier alpha value is -3.79. The normalized spacial score (nSPS) is 14.5. The van der Waals surface area contributed by atoms with Crippen LogP contribution in [0, 0.1) is 0 Å². The summed E-state index contributed by atoms with van der Waals surface area (Å²) in [5.74, 6) is 0.877. The number of anilines is 1. The van der Waals surface area contributed by atoms with Crippen LogP contribution in [0.4, 0.5) is 5.82 Å². The van der Waals surface area contributed by atoms with Crippen molar-refractivity contribution < 1.29 is 13.9 Å². The minimum Gasteiger partial charge on any atom is -0.416 e. The lowest BCUT2D eigenvalue weighted by molar-refractivity contribution is 0.0912. The molecule has 4 aromatic rings. The molecule has 1 aromatic carbocycles. The molecular formula is C24H27N7O3. The number of ether oxygens (including phenoxy) is 1. The quantitative estimate of drug-likeness (QED) is 0.483. The van der Waals surface area contributed by atoms with Crippen molar-refractivity contribution in [3.63, 3.8) is 0 Å². The van der Waals surface area contributed by atoms with Crippen molar-refractivity contribution in [2.75, 3.05) is 31.2 Å². The fourth-order valence-electron chi connectivity index (χ4n) is 3.73. The highest BCUT2D eigenvalue weighted by Crippen LogP contribution is 2.26. The molecule has 1 saturated heterocycles. The lowest BCUT2D eigenvalue weighted by Crippen LogP contribution is -2.37. The molecule has 176 valence electrons. The van der Waals surface area contributed by atoms with Crippen molar-refractivity contribution >= 4 is 17.2 Å². The molecule has 1 aliphatic heterocycles. The molecule has 0 radical (unpaired) electrons. The molecular weight excluding hydrogens is 434 g/mol. The highest BCUT2D eigenvalue weighted by molar-refractivity contribution is 5.89. The number of amides is 1. The summed E-state index contributed by atoms with van der Waals surface area (Å²) in [4.78, 5) is 19.6. The number of hydrogen-bond donors (Lipinski definition) is 1. The van der Waals surface area contributed by atoms with Gasteiger partial charge in [-0.2, -0.15) is 5.10 Å². The van der Waals surface area contributed by atoms with Gasteiger partial charge in [-0.1, -0.05) is 45.0 Å². The summed E-state index contributed by atoms with van der Waals surface area (Å²) in [6.07, 6.45) is 3.73. The number of nitrogens with one attached hydrogen (secondary N) is 1. The van der Waals surface area contributed by atoms with E-state index in [-0.39, 0.29) is 11.3 Å². The Balaban J connectivity index is 1.32. The van der Waals surface area contributed by atoms with E-state index >= 15 is 0 Å². The third kappa shape index (κ3) is 4.49. The number of benzene rings is 1. The van der Waals surface area contributed by atoms with Crippen LogP contribution in [-0.2, 0) is 16.7 Å². The van der Waals surface area contributed by atoms with Crippen LogP contribution in [0.2, 0.25) is 0 Å². The first-order chi connectivity index (χ1) is 16.4. The Morgan fingerprint density at radius 2 is 1.85 bits per heavy atom. The van der Waals surface area contributed by atoms with E-state index in [0.29, 0.717) is 25.6 Å². The van der Waals surface area contributed by atoms with E-state index < -0.39 is 5.91 Å². The number of hydrogen-bond acceptors (Lipinski definition) is 8. The lowest BCUT2D eigenvalue weighted by atomic mass is 9.97. The maximum absolute atomic E-state index is 12.4. The second kappa shape index (κ2) is 8.86. The highest BCUT2D eigenvalue weighted by atomic mass is 16.5. The van der Waals surface area contributed by atoms with Gasteiger partial charge in [-0.25, -0.2) is 9.50 Å². The molecule has 5 rings (SSSR count). The van der Waals surface area contributed by atoms with E-state index in [1.54, 1.807) is 6.20 Å². The van der Waals surface area contributed by atoms with Crippen LogP contribution in [0.25, 0.3) is 16.8 Å². The summed E-state index contributed by atoms with van der Waals surface area (Å²) in [6, 6.07) is 9.91. The maximum atomic E-state index is 12.4. The first-order valence-electron chi connectivity index (χ1n) is 11.3. The van der Waals surface area contributed by atoms with Crippen LogP contribution in [0.1, 0.15) is 42.9 Å². The standard InChI is InChI=1S/C24H27N7O3/c1-24(2,3)23-29-28-22(34-23)21(32)25-14-16-4-6-17(7-5-16)20-18-8-9-26-31(18)15-19(27-20)30-10-12-33-13-11-30/h4-9,15H,10-14H2,1-3H3,(H,25,32). The van der Waals surface area contributed by atoms with Gasteiger partial charge in [0.15, 0.2) is 0 Å². The Morgan fingerprint density at radius 1 is 1.09 bits per heavy atom. The average molecular weight is 462 g/mol. The third-order valence-corrected chi connectivity index (χ3v) is 5.65. The molecule has 0 unspecified atom stereocenters. The first-order valence-corrected chi connectivity index (χ1v) is 11.3. The maximum Gasteiger partial charge on any atom is 0.309 e. The molecule has 0 atom stereocenters. The molecule has 34 heavy (non-hydrogen) atoms. The number of carbonyl (C=O) groups is 1. The largest absolute Gasteiger partial charge is 0.416 e. The Labute approximate surface area is 197 Å². The van der Waals surface area contributed by atoms with Crippen molar-refractivity contribution in [3.8, 4) is 11.3 Å². The van der Waals surface area contributed by atoms with Crippen LogP contribution < -0.4 is 10.2 Å². The zero-order chi connectivity index (χ0) is 23.7. The zero-order valence-electron chi connectivity index (χ0n) is 19.5. The van der Waals surface area contributed by atoms with Gasteiger partial charge in [-0.3, -0.25) is 4.79 Å². The fraction of sp³-hybridized carbons (Fsp3) is 0.375. The number of aromatic nitrogens is 5. The number of fused-ring (bicyclic) bond motifs is 1. The minimum atomic E-state index is -0.395. The van der Waals surface area contributed by atoms with Crippen LogP contribution in [0.5, 0.6) is 0 Å². The molecule has 10 heteroatoms. The number of nitrogens with zero attached hydrogens (tertiary/aromatic N) is 6. The molecule has 3 aromatic heterocycles. The Morgan fingerprint density at radius 3 is 2.56 bits per heavy atom. The predicted octanol–water partition coefficient (Wildman–Crippen LogP) is 2.84. The molecule has 0 bridgehead atoms. The van der Waals surface area contributed by atoms with Crippen LogP contribution >= 0.6 is 0 Å². The summed E-state index contributed by atoms with van der Waals surface area (Å²) in [7, 11) is 0. The van der Waals surface area contributed by atoms with Crippen molar-refractivity contribution in [2.45, 2.75) is 32.7 Å². The summed E-state index contributed by atoms with van der Waals surface area (Å²) in [6.45, 7) is 9.18. The van der Waals surface area contributed by atoms with Crippen molar-refractivity contribution in [1.29, 1.82) is 0 Å². The van der Waals surface area contributed by atoms with E-state index in [1.807, 2.05) is 61.8 Å². The number of carbonyl (C=O) groups excluding carboxylic acids is 1. The van der Waals surface area contributed by atoms with Crippen molar-refractivity contribution in [1.82, 2.24) is 30.1 Å². The van der Waals surface area contributed by atoms with Crippen molar-refractivity contribution in [2.24, 2.45) is 0 Å². The van der Waals surface area contributed by atoms with Gasteiger partial charge in [0, 0.05) is 30.6 Å². The van der Waals surface area contributed by atoms with E-state index in [0.717, 1.165) is 41.2 Å². The molecule has 1 aliphatic rings. The van der Waals surface area contributed by atoms with Gasteiger partial charge in [0.1, 0.15) is 5.82 Å².